The van der Waals surface area contributed by atoms with Gasteiger partial charge in [-0.2, -0.15) is 0 Å². The van der Waals surface area contributed by atoms with Gasteiger partial charge in [-0.3, -0.25) is 0 Å². The minimum absolute atomic E-state index is 0.140. The summed E-state index contributed by atoms with van der Waals surface area (Å²) in [5, 5.41) is 8.49. The maximum atomic E-state index is 10.3. The first-order valence-corrected chi connectivity index (χ1v) is 5.71. The third-order valence-corrected chi connectivity index (χ3v) is 3.13. The van der Waals surface area contributed by atoms with Crippen LogP contribution in [-0.4, -0.2) is 47.8 Å². The number of aliphatic carboxylic acids is 1. The summed E-state index contributed by atoms with van der Waals surface area (Å²) in [7, 11) is 0. The zero-order chi connectivity index (χ0) is 11.3. The second kappa shape index (κ2) is 6.08. The van der Waals surface area contributed by atoms with Crippen LogP contribution in [0.4, 0.5) is 0 Å². The number of carboxylic acids is 1. The first-order valence-electron chi connectivity index (χ1n) is 5.71. The fraction of sp³-hybridized carbons (Fsp3) is 0.909. The maximum Gasteiger partial charge on any atom is 0.329 e. The molecule has 0 aromatic rings. The van der Waals surface area contributed by atoms with E-state index < -0.39 is 5.97 Å². The molecule has 1 N–H and O–H groups in total. The molecule has 0 bridgehead atoms. The Balaban J connectivity index is 2.20. The van der Waals surface area contributed by atoms with E-state index in [2.05, 4.69) is 18.7 Å². The minimum atomic E-state index is -0.876. The predicted molar refractivity (Wildman–Crippen MR) is 57.9 cm³/mol. The Morgan fingerprint density at radius 1 is 1.53 bits per heavy atom. The summed E-state index contributed by atoms with van der Waals surface area (Å²) in [6, 6.07) is 0.630. The van der Waals surface area contributed by atoms with Gasteiger partial charge in [0, 0.05) is 19.1 Å². The highest BCUT2D eigenvalue weighted by Gasteiger charge is 2.22. The summed E-state index contributed by atoms with van der Waals surface area (Å²) in [6.07, 6.45) is 3.22. The van der Waals surface area contributed by atoms with Gasteiger partial charge >= 0.3 is 5.97 Å². The summed E-state index contributed by atoms with van der Waals surface area (Å²) >= 11 is 0. The lowest BCUT2D eigenvalue weighted by molar-refractivity contribution is -0.145. The van der Waals surface area contributed by atoms with E-state index in [1.807, 2.05) is 0 Å². The third-order valence-electron chi connectivity index (χ3n) is 3.13. The highest BCUT2D eigenvalue weighted by molar-refractivity contribution is 5.68. The van der Waals surface area contributed by atoms with E-state index in [1.54, 1.807) is 0 Å². The molecule has 4 nitrogen and oxygen atoms in total. The van der Waals surface area contributed by atoms with Crippen LogP contribution in [0.15, 0.2) is 0 Å². The monoisotopic (exact) mass is 215 g/mol. The van der Waals surface area contributed by atoms with Crippen molar-refractivity contribution in [3.8, 4) is 0 Å². The van der Waals surface area contributed by atoms with Crippen LogP contribution < -0.4 is 0 Å². The van der Waals surface area contributed by atoms with E-state index >= 15 is 0 Å². The Morgan fingerprint density at radius 2 is 2.13 bits per heavy atom. The fourth-order valence-corrected chi connectivity index (χ4v) is 1.93. The molecule has 0 saturated carbocycles. The van der Waals surface area contributed by atoms with E-state index in [4.69, 9.17) is 9.84 Å². The molecule has 1 atom stereocenters. The van der Waals surface area contributed by atoms with Crippen molar-refractivity contribution in [2.24, 2.45) is 0 Å². The van der Waals surface area contributed by atoms with Crippen molar-refractivity contribution in [1.82, 2.24) is 4.90 Å². The van der Waals surface area contributed by atoms with Crippen molar-refractivity contribution in [1.29, 1.82) is 0 Å². The molecule has 0 radical (unpaired) electrons. The zero-order valence-electron chi connectivity index (χ0n) is 9.61. The molecule has 4 heteroatoms. The molecule has 0 aromatic heterocycles. The van der Waals surface area contributed by atoms with Crippen LogP contribution in [0.5, 0.6) is 0 Å². The molecular weight excluding hydrogens is 194 g/mol. The Kier molecular flexibility index (Phi) is 5.05. The fourth-order valence-electron chi connectivity index (χ4n) is 1.93. The lowest BCUT2D eigenvalue weighted by atomic mass is 10.1. The molecular formula is C11H21NO3. The summed E-state index contributed by atoms with van der Waals surface area (Å²) < 4.78 is 5.28. The molecule has 1 aliphatic rings. The first kappa shape index (κ1) is 12.5. The Hall–Kier alpha value is -0.610. The molecule has 1 aliphatic heterocycles. The molecule has 1 rings (SSSR count). The van der Waals surface area contributed by atoms with E-state index in [1.165, 1.54) is 6.42 Å². The summed E-state index contributed by atoms with van der Waals surface area (Å²) in [5.41, 5.74) is 0. The normalized spacial score (nSPS) is 21.5. The third kappa shape index (κ3) is 4.18. The molecule has 1 fully saturated rings. The average molecular weight is 215 g/mol. The number of carbonyl (C=O) groups is 1. The Labute approximate surface area is 91.2 Å². The van der Waals surface area contributed by atoms with Gasteiger partial charge < -0.3 is 14.7 Å². The van der Waals surface area contributed by atoms with Crippen LogP contribution in [0.3, 0.4) is 0 Å². The topological polar surface area (TPSA) is 49.8 Å². The second-order valence-electron chi connectivity index (χ2n) is 4.20. The quantitative estimate of drug-likeness (QED) is 0.752. The standard InChI is InChI=1S/C11H21NO3/c1-3-9(2)12-6-4-10(5-7-12)15-8-11(13)14/h9-10H,3-8H2,1-2H3,(H,13,14). The molecule has 15 heavy (non-hydrogen) atoms. The first-order chi connectivity index (χ1) is 7.13. The van der Waals surface area contributed by atoms with Crippen molar-refractivity contribution in [2.45, 2.75) is 45.3 Å². The zero-order valence-corrected chi connectivity index (χ0v) is 9.61. The average Bonchev–Trinajstić information content (AvgIpc) is 2.26. The van der Waals surface area contributed by atoms with Gasteiger partial charge in [-0.05, 0) is 26.2 Å². The number of ether oxygens (including phenoxy) is 1. The van der Waals surface area contributed by atoms with Crippen LogP contribution in [0.2, 0.25) is 0 Å². The number of rotatable bonds is 5. The van der Waals surface area contributed by atoms with E-state index in [9.17, 15) is 4.79 Å². The number of nitrogens with zero attached hydrogens (tertiary/aromatic N) is 1. The maximum absolute atomic E-state index is 10.3. The minimum Gasteiger partial charge on any atom is -0.480 e. The van der Waals surface area contributed by atoms with Gasteiger partial charge in [-0.15, -0.1) is 0 Å². The van der Waals surface area contributed by atoms with Crippen LogP contribution in [0, 0.1) is 0 Å². The number of hydrogen-bond donors (Lipinski definition) is 1. The van der Waals surface area contributed by atoms with Crippen LogP contribution in [0.1, 0.15) is 33.1 Å². The number of likely N-dealkylation sites (tertiary alicyclic amines) is 1. The molecule has 1 unspecified atom stereocenters. The van der Waals surface area contributed by atoms with Gasteiger partial charge in [0.2, 0.25) is 0 Å². The van der Waals surface area contributed by atoms with Crippen LogP contribution in [-0.2, 0) is 9.53 Å². The van der Waals surface area contributed by atoms with Gasteiger partial charge in [0.15, 0.2) is 0 Å². The second-order valence-corrected chi connectivity index (χ2v) is 4.20. The van der Waals surface area contributed by atoms with Gasteiger partial charge in [0.25, 0.3) is 0 Å². The smallest absolute Gasteiger partial charge is 0.329 e. The van der Waals surface area contributed by atoms with Gasteiger partial charge in [-0.1, -0.05) is 6.92 Å². The number of carboxylic acid groups (broad SMARTS) is 1. The summed E-state index contributed by atoms with van der Waals surface area (Å²) in [6.45, 7) is 6.32. The van der Waals surface area contributed by atoms with Crippen molar-refractivity contribution in [3.05, 3.63) is 0 Å². The Morgan fingerprint density at radius 3 is 2.60 bits per heavy atom. The molecule has 88 valence electrons. The molecule has 0 aliphatic carbocycles. The van der Waals surface area contributed by atoms with Gasteiger partial charge in [0.05, 0.1) is 6.10 Å². The number of hydrogen-bond acceptors (Lipinski definition) is 3. The molecule has 1 saturated heterocycles. The largest absolute Gasteiger partial charge is 0.480 e. The van der Waals surface area contributed by atoms with Crippen molar-refractivity contribution < 1.29 is 14.6 Å². The highest BCUT2D eigenvalue weighted by atomic mass is 16.5. The van der Waals surface area contributed by atoms with Crippen molar-refractivity contribution in [3.63, 3.8) is 0 Å². The lowest BCUT2D eigenvalue weighted by Gasteiger charge is -2.35. The molecule has 0 amide bonds. The van der Waals surface area contributed by atoms with Crippen LogP contribution >= 0.6 is 0 Å². The summed E-state index contributed by atoms with van der Waals surface area (Å²) in [4.78, 5) is 12.8. The Bertz CT molecular complexity index is 200. The molecule has 1 heterocycles. The lowest BCUT2D eigenvalue weighted by Crippen LogP contribution is -2.42. The molecule has 0 aromatic carbocycles. The molecule has 0 spiro atoms. The number of piperidine rings is 1. The van der Waals surface area contributed by atoms with Crippen molar-refractivity contribution >= 4 is 5.97 Å². The van der Waals surface area contributed by atoms with Gasteiger partial charge in [0.1, 0.15) is 6.61 Å². The van der Waals surface area contributed by atoms with Crippen molar-refractivity contribution in [2.75, 3.05) is 19.7 Å². The highest BCUT2D eigenvalue weighted by Crippen LogP contribution is 2.16. The van der Waals surface area contributed by atoms with E-state index in [-0.39, 0.29) is 12.7 Å². The van der Waals surface area contributed by atoms with Crippen LogP contribution in [0.25, 0.3) is 0 Å². The van der Waals surface area contributed by atoms with E-state index in [0.29, 0.717) is 6.04 Å². The van der Waals surface area contributed by atoms with Gasteiger partial charge in [-0.25, -0.2) is 4.79 Å². The summed E-state index contributed by atoms with van der Waals surface area (Å²) in [5.74, 6) is -0.876. The van der Waals surface area contributed by atoms with E-state index in [0.717, 1.165) is 25.9 Å². The predicted octanol–water partition coefficient (Wildman–Crippen LogP) is 1.35. The SMILES string of the molecule is CCC(C)N1CCC(OCC(=O)O)CC1.